The number of rotatable bonds is 6. The van der Waals surface area contributed by atoms with Crippen molar-refractivity contribution >= 4 is 11.7 Å². The van der Waals surface area contributed by atoms with Crippen molar-refractivity contribution in [2.24, 2.45) is 5.92 Å². The molecule has 148 valence electrons. The SMILES string of the molecule is Cc1ccnc(NC(=O)C2C[C@@]2(COc2cnc(C)nc2C)c2ccccc2)c1. The third kappa shape index (κ3) is 3.97. The Kier molecular flexibility index (Phi) is 5.01. The molecule has 29 heavy (non-hydrogen) atoms. The van der Waals surface area contributed by atoms with Gasteiger partial charge in [0.2, 0.25) is 5.91 Å². The predicted molar refractivity (Wildman–Crippen MR) is 111 cm³/mol. The second kappa shape index (κ2) is 7.62. The van der Waals surface area contributed by atoms with Gasteiger partial charge in [0.25, 0.3) is 0 Å². The number of nitrogens with one attached hydrogen (secondary N) is 1. The van der Waals surface area contributed by atoms with Crippen LogP contribution in [0.5, 0.6) is 5.75 Å². The van der Waals surface area contributed by atoms with Gasteiger partial charge in [0, 0.05) is 11.6 Å². The van der Waals surface area contributed by atoms with Gasteiger partial charge < -0.3 is 10.1 Å². The number of nitrogens with zero attached hydrogens (tertiary/aromatic N) is 3. The van der Waals surface area contributed by atoms with Crippen LogP contribution in [-0.2, 0) is 10.2 Å². The number of anilines is 1. The summed E-state index contributed by atoms with van der Waals surface area (Å²) in [4.78, 5) is 25.8. The highest BCUT2D eigenvalue weighted by Crippen LogP contribution is 2.55. The van der Waals surface area contributed by atoms with Gasteiger partial charge in [0.1, 0.15) is 11.6 Å². The van der Waals surface area contributed by atoms with Crippen molar-refractivity contribution in [1.82, 2.24) is 15.0 Å². The van der Waals surface area contributed by atoms with Crippen LogP contribution in [0.3, 0.4) is 0 Å². The Morgan fingerprint density at radius 3 is 2.69 bits per heavy atom. The quantitative estimate of drug-likeness (QED) is 0.695. The number of hydrogen-bond acceptors (Lipinski definition) is 5. The van der Waals surface area contributed by atoms with Gasteiger partial charge in [-0.15, -0.1) is 0 Å². The summed E-state index contributed by atoms with van der Waals surface area (Å²) in [6, 6.07) is 13.8. The Bertz CT molecular complexity index is 1040. The fourth-order valence-corrected chi connectivity index (χ4v) is 3.72. The van der Waals surface area contributed by atoms with Crippen LogP contribution in [0.1, 0.15) is 29.1 Å². The maximum Gasteiger partial charge on any atom is 0.229 e. The molecule has 1 aliphatic rings. The fourth-order valence-electron chi connectivity index (χ4n) is 3.72. The van der Waals surface area contributed by atoms with Crippen LogP contribution >= 0.6 is 0 Å². The zero-order valence-electron chi connectivity index (χ0n) is 16.8. The molecule has 6 heteroatoms. The molecule has 0 radical (unpaired) electrons. The average Bonchev–Trinajstić information content (AvgIpc) is 3.44. The second-order valence-corrected chi connectivity index (χ2v) is 7.64. The number of carbonyl (C=O) groups excluding carboxylic acids is 1. The van der Waals surface area contributed by atoms with Crippen molar-refractivity contribution in [1.29, 1.82) is 0 Å². The number of ether oxygens (including phenoxy) is 1. The summed E-state index contributed by atoms with van der Waals surface area (Å²) >= 11 is 0. The third-order valence-electron chi connectivity index (χ3n) is 5.45. The van der Waals surface area contributed by atoms with E-state index in [0.717, 1.165) is 23.2 Å². The summed E-state index contributed by atoms with van der Waals surface area (Å²) in [7, 11) is 0. The Hall–Kier alpha value is -3.28. The second-order valence-electron chi connectivity index (χ2n) is 7.64. The van der Waals surface area contributed by atoms with Gasteiger partial charge in [0.15, 0.2) is 5.75 Å². The normalized spacial score (nSPS) is 20.2. The van der Waals surface area contributed by atoms with Crippen molar-refractivity contribution < 1.29 is 9.53 Å². The molecule has 4 rings (SSSR count). The highest BCUT2D eigenvalue weighted by molar-refractivity contribution is 5.95. The molecule has 1 amide bonds. The Morgan fingerprint density at radius 2 is 1.97 bits per heavy atom. The van der Waals surface area contributed by atoms with E-state index in [1.54, 1.807) is 12.4 Å². The summed E-state index contributed by atoms with van der Waals surface area (Å²) in [5, 5.41) is 2.96. The molecule has 1 unspecified atom stereocenters. The van der Waals surface area contributed by atoms with Crippen LogP contribution in [0.15, 0.2) is 54.9 Å². The molecule has 0 aliphatic heterocycles. The molecule has 2 heterocycles. The standard InChI is InChI=1S/C23H24N4O2/c1-15-9-10-24-21(11-15)27-22(28)19-12-23(19,18-7-5-4-6-8-18)14-29-20-13-25-17(3)26-16(20)2/h4-11,13,19H,12,14H2,1-3H3,(H,24,27,28)/t19?,23-/m1/s1. The summed E-state index contributed by atoms with van der Waals surface area (Å²) in [6.45, 7) is 6.12. The van der Waals surface area contributed by atoms with Crippen LogP contribution in [0.25, 0.3) is 0 Å². The van der Waals surface area contributed by atoms with Crippen LogP contribution in [0, 0.1) is 26.7 Å². The van der Waals surface area contributed by atoms with Crippen LogP contribution in [0.4, 0.5) is 5.82 Å². The zero-order valence-corrected chi connectivity index (χ0v) is 16.8. The first-order valence-electron chi connectivity index (χ1n) is 9.70. The number of amides is 1. The molecule has 2 aromatic heterocycles. The molecule has 3 aromatic rings. The lowest BCUT2D eigenvalue weighted by atomic mass is 9.93. The van der Waals surface area contributed by atoms with Crippen LogP contribution < -0.4 is 10.1 Å². The lowest BCUT2D eigenvalue weighted by Crippen LogP contribution is -2.27. The first-order valence-corrected chi connectivity index (χ1v) is 9.70. The van der Waals surface area contributed by atoms with Gasteiger partial charge in [-0.25, -0.2) is 15.0 Å². The smallest absolute Gasteiger partial charge is 0.229 e. The van der Waals surface area contributed by atoms with Gasteiger partial charge >= 0.3 is 0 Å². The van der Waals surface area contributed by atoms with Gasteiger partial charge in [-0.2, -0.15) is 0 Å². The predicted octanol–water partition coefficient (Wildman–Crippen LogP) is 3.77. The van der Waals surface area contributed by atoms with Crippen molar-refractivity contribution in [3.8, 4) is 5.75 Å². The maximum absolute atomic E-state index is 13.0. The van der Waals surface area contributed by atoms with Gasteiger partial charge in [0.05, 0.1) is 24.4 Å². The van der Waals surface area contributed by atoms with E-state index in [9.17, 15) is 4.79 Å². The van der Waals surface area contributed by atoms with E-state index in [0.29, 0.717) is 24.0 Å². The van der Waals surface area contributed by atoms with E-state index in [-0.39, 0.29) is 17.2 Å². The number of aromatic nitrogens is 3. The first-order chi connectivity index (χ1) is 14.0. The summed E-state index contributed by atoms with van der Waals surface area (Å²) < 4.78 is 6.10. The third-order valence-corrected chi connectivity index (χ3v) is 5.45. The summed E-state index contributed by atoms with van der Waals surface area (Å²) in [5.74, 6) is 1.72. The molecular formula is C23H24N4O2. The molecule has 1 aromatic carbocycles. The van der Waals surface area contributed by atoms with Crippen LogP contribution in [0.2, 0.25) is 0 Å². The van der Waals surface area contributed by atoms with Crippen molar-refractivity contribution in [2.45, 2.75) is 32.6 Å². The molecule has 0 bridgehead atoms. The Balaban J connectivity index is 1.54. The van der Waals surface area contributed by atoms with Gasteiger partial charge in [-0.1, -0.05) is 30.3 Å². The average molecular weight is 388 g/mol. The summed E-state index contributed by atoms with van der Waals surface area (Å²) in [6.07, 6.45) is 4.12. The topological polar surface area (TPSA) is 77.0 Å². The number of aryl methyl sites for hydroxylation is 3. The van der Waals surface area contributed by atoms with Crippen molar-refractivity contribution in [3.05, 3.63) is 77.5 Å². The van der Waals surface area contributed by atoms with Crippen molar-refractivity contribution in [3.63, 3.8) is 0 Å². The first kappa shape index (κ1) is 19.1. The molecule has 2 atom stereocenters. The zero-order chi connectivity index (χ0) is 20.4. The number of benzene rings is 1. The van der Waals surface area contributed by atoms with Gasteiger partial charge in [-0.3, -0.25) is 4.79 Å². The van der Waals surface area contributed by atoms with E-state index >= 15 is 0 Å². The number of carbonyl (C=O) groups is 1. The van der Waals surface area contributed by atoms with Crippen LogP contribution in [-0.4, -0.2) is 27.5 Å². The molecule has 1 saturated carbocycles. The Labute approximate surface area is 170 Å². The molecule has 6 nitrogen and oxygen atoms in total. The Morgan fingerprint density at radius 1 is 1.17 bits per heavy atom. The molecule has 1 aliphatic carbocycles. The molecule has 1 fully saturated rings. The van der Waals surface area contributed by atoms with E-state index in [2.05, 4.69) is 32.4 Å². The van der Waals surface area contributed by atoms with Crippen molar-refractivity contribution in [2.75, 3.05) is 11.9 Å². The van der Waals surface area contributed by atoms with E-state index in [4.69, 9.17) is 4.74 Å². The van der Waals surface area contributed by atoms with E-state index in [1.807, 2.05) is 51.1 Å². The lowest BCUT2D eigenvalue weighted by molar-refractivity contribution is -0.117. The van der Waals surface area contributed by atoms with E-state index in [1.165, 1.54) is 0 Å². The minimum Gasteiger partial charge on any atom is -0.489 e. The lowest BCUT2D eigenvalue weighted by Gasteiger charge is -2.19. The molecule has 0 spiro atoms. The number of pyridine rings is 1. The molecule has 0 saturated heterocycles. The fraction of sp³-hybridized carbons (Fsp3) is 0.304. The monoisotopic (exact) mass is 388 g/mol. The largest absolute Gasteiger partial charge is 0.489 e. The molecular weight excluding hydrogens is 364 g/mol. The minimum atomic E-state index is -0.369. The highest BCUT2D eigenvalue weighted by atomic mass is 16.5. The number of hydrogen-bond donors (Lipinski definition) is 1. The summed E-state index contributed by atoms with van der Waals surface area (Å²) in [5.41, 5.74) is 2.58. The van der Waals surface area contributed by atoms with E-state index < -0.39 is 0 Å². The maximum atomic E-state index is 13.0. The van der Waals surface area contributed by atoms with Gasteiger partial charge in [-0.05, 0) is 50.5 Å². The minimum absolute atomic E-state index is 0.0348. The highest BCUT2D eigenvalue weighted by Gasteiger charge is 2.60. The molecule has 1 N–H and O–H groups in total.